The summed E-state index contributed by atoms with van der Waals surface area (Å²) in [6, 6.07) is 5.76. The number of nitrogens with one attached hydrogen (secondary N) is 1. The standard InChI is InChI=1S/C11H15ClN2O3S/c1-14(2)18(16,17)10-5-3-9(4-6-10)11(15)13-8-7-12/h3-6H,7-8H2,1-2H3,(H,13,15). The molecule has 5 nitrogen and oxygen atoms in total. The minimum absolute atomic E-state index is 0.154. The van der Waals surface area contributed by atoms with Gasteiger partial charge in [-0.15, -0.1) is 11.6 Å². The summed E-state index contributed by atoms with van der Waals surface area (Å²) in [5, 5.41) is 2.60. The van der Waals surface area contributed by atoms with Gasteiger partial charge in [0, 0.05) is 32.1 Å². The lowest BCUT2D eigenvalue weighted by Gasteiger charge is -2.11. The van der Waals surface area contributed by atoms with Crippen molar-refractivity contribution in [3.63, 3.8) is 0 Å². The van der Waals surface area contributed by atoms with Crippen molar-refractivity contribution in [3.8, 4) is 0 Å². The van der Waals surface area contributed by atoms with Crippen LogP contribution in [-0.4, -0.2) is 45.2 Å². The van der Waals surface area contributed by atoms with E-state index in [-0.39, 0.29) is 10.8 Å². The molecule has 0 bridgehead atoms. The van der Waals surface area contributed by atoms with Gasteiger partial charge < -0.3 is 5.32 Å². The number of amides is 1. The van der Waals surface area contributed by atoms with E-state index in [1.54, 1.807) is 0 Å². The lowest BCUT2D eigenvalue weighted by Crippen LogP contribution is -2.25. The number of nitrogens with zero attached hydrogens (tertiary/aromatic N) is 1. The van der Waals surface area contributed by atoms with Gasteiger partial charge in [0.05, 0.1) is 4.90 Å². The monoisotopic (exact) mass is 290 g/mol. The normalized spacial score (nSPS) is 11.6. The zero-order chi connectivity index (χ0) is 13.8. The molecular formula is C11H15ClN2O3S. The van der Waals surface area contributed by atoms with Crippen LogP contribution in [0.3, 0.4) is 0 Å². The summed E-state index contributed by atoms with van der Waals surface area (Å²) >= 11 is 5.45. The van der Waals surface area contributed by atoms with E-state index in [2.05, 4.69) is 5.32 Å². The quantitative estimate of drug-likeness (QED) is 0.820. The van der Waals surface area contributed by atoms with Crippen LogP contribution in [0, 0.1) is 0 Å². The van der Waals surface area contributed by atoms with Crippen LogP contribution in [0.25, 0.3) is 0 Å². The van der Waals surface area contributed by atoms with Gasteiger partial charge in [-0.05, 0) is 24.3 Å². The van der Waals surface area contributed by atoms with E-state index in [0.717, 1.165) is 4.31 Å². The molecular weight excluding hydrogens is 276 g/mol. The minimum Gasteiger partial charge on any atom is -0.351 e. The first-order valence-corrected chi connectivity index (χ1v) is 7.24. The molecule has 1 aromatic rings. The predicted octanol–water partition coefficient (Wildman–Crippen LogP) is 0.906. The van der Waals surface area contributed by atoms with Crippen LogP contribution in [-0.2, 0) is 10.0 Å². The zero-order valence-electron chi connectivity index (χ0n) is 10.2. The van der Waals surface area contributed by atoms with E-state index >= 15 is 0 Å². The summed E-state index contributed by atoms with van der Waals surface area (Å²) in [6.07, 6.45) is 0. The molecule has 0 aromatic heterocycles. The lowest BCUT2D eigenvalue weighted by molar-refractivity contribution is 0.0956. The van der Waals surface area contributed by atoms with Crippen LogP contribution in [0.5, 0.6) is 0 Å². The molecule has 7 heteroatoms. The highest BCUT2D eigenvalue weighted by molar-refractivity contribution is 7.89. The minimum atomic E-state index is -3.46. The van der Waals surface area contributed by atoms with E-state index in [1.165, 1.54) is 38.4 Å². The molecule has 0 spiro atoms. The summed E-state index contributed by atoms with van der Waals surface area (Å²) in [5.41, 5.74) is 0.401. The van der Waals surface area contributed by atoms with E-state index in [9.17, 15) is 13.2 Å². The van der Waals surface area contributed by atoms with Crippen molar-refractivity contribution >= 4 is 27.5 Å². The van der Waals surface area contributed by atoms with Gasteiger partial charge >= 0.3 is 0 Å². The van der Waals surface area contributed by atoms with Crippen LogP contribution in [0.1, 0.15) is 10.4 Å². The number of halogens is 1. The molecule has 100 valence electrons. The molecule has 0 fully saturated rings. The average Bonchev–Trinajstić information content (AvgIpc) is 2.35. The SMILES string of the molecule is CN(C)S(=O)(=O)c1ccc(C(=O)NCCCl)cc1. The van der Waals surface area contributed by atoms with E-state index in [4.69, 9.17) is 11.6 Å². The molecule has 1 rings (SSSR count). The Morgan fingerprint density at radius 3 is 2.28 bits per heavy atom. The number of alkyl halides is 1. The number of carbonyl (C=O) groups is 1. The number of sulfonamides is 1. The maximum Gasteiger partial charge on any atom is 0.251 e. The molecule has 0 radical (unpaired) electrons. The lowest BCUT2D eigenvalue weighted by atomic mass is 10.2. The molecule has 18 heavy (non-hydrogen) atoms. The Morgan fingerprint density at radius 1 is 1.28 bits per heavy atom. The maximum absolute atomic E-state index is 11.8. The van der Waals surface area contributed by atoms with Crippen molar-refractivity contribution < 1.29 is 13.2 Å². The summed E-state index contributed by atoms with van der Waals surface area (Å²) in [5.74, 6) is 0.0585. The predicted molar refractivity (Wildman–Crippen MR) is 70.4 cm³/mol. The molecule has 0 aliphatic carbocycles. The second-order valence-corrected chi connectivity index (χ2v) is 6.29. The van der Waals surface area contributed by atoms with Crippen LogP contribution < -0.4 is 5.32 Å². The Labute approximate surface area is 112 Å². The fourth-order valence-corrected chi connectivity index (χ4v) is 2.25. The molecule has 1 N–H and O–H groups in total. The Bertz CT molecular complexity index is 512. The Hall–Kier alpha value is -1.11. The van der Waals surface area contributed by atoms with Gasteiger partial charge in [-0.3, -0.25) is 4.79 Å². The Kier molecular flexibility index (Phi) is 5.13. The van der Waals surface area contributed by atoms with Crippen molar-refractivity contribution in [3.05, 3.63) is 29.8 Å². The third kappa shape index (κ3) is 3.44. The largest absolute Gasteiger partial charge is 0.351 e. The fraction of sp³-hybridized carbons (Fsp3) is 0.364. The van der Waals surface area contributed by atoms with Crippen molar-refractivity contribution in [2.24, 2.45) is 0 Å². The number of hydrogen-bond acceptors (Lipinski definition) is 3. The van der Waals surface area contributed by atoms with Gasteiger partial charge in [0.25, 0.3) is 5.91 Å². The highest BCUT2D eigenvalue weighted by Crippen LogP contribution is 2.13. The fourth-order valence-electron chi connectivity index (χ4n) is 1.25. The van der Waals surface area contributed by atoms with Crippen molar-refractivity contribution in [2.75, 3.05) is 26.5 Å². The van der Waals surface area contributed by atoms with E-state index in [1.807, 2.05) is 0 Å². The number of carbonyl (C=O) groups excluding carboxylic acids is 1. The summed E-state index contributed by atoms with van der Waals surface area (Å²) in [6.45, 7) is 0.373. The van der Waals surface area contributed by atoms with Crippen molar-refractivity contribution in [2.45, 2.75) is 4.90 Å². The van der Waals surface area contributed by atoms with Gasteiger partial charge in [0.1, 0.15) is 0 Å². The molecule has 0 aliphatic heterocycles. The van der Waals surface area contributed by atoms with Gasteiger partial charge in [0.15, 0.2) is 0 Å². The molecule has 0 saturated carbocycles. The van der Waals surface area contributed by atoms with Gasteiger partial charge in [-0.1, -0.05) is 0 Å². The summed E-state index contributed by atoms with van der Waals surface area (Å²) < 4.78 is 24.7. The average molecular weight is 291 g/mol. The number of hydrogen-bond donors (Lipinski definition) is 1. The smallest absolute Gasteiger partial charge is 0.251 e. The molecule has 0 heterocycles. The highest BCUT2D eigenvalue weighted by Gasteiger charge is 2.17. The topological polar surface area (TPSA) is 66.5 Å². The highest BCUT2D eigenvalue weighted by atomic mass is 35.5. The molecule has 0 aliphatic rings. The Morgan fingerprint density at radius 2 is 1.83 bits per heavy atom. The van der Waals surface area contributed by atoms with Crippen LogP contribution in [0.2, 0.25) is 0 Å². The summed E-state index contributed by atoms with van der Waals surface area (Å²) in [4.78, 5) is 11.7. The molecule has 0 atom stereocenters. The maximum atomic E-state index is 11.8. The molecule has 1 amide bonds. The Balaban J connectivity index is 2.90. The first kappa shape index (κ1) is 14.9. The number of rotatable bonds is 5. The second-order valence-electron chi connectivity index (χ2n) is 3.76. The van der Waals surface area contributed by atoms with Crippen molar-refractivity contribution in [1.82, 2.24) is 9.62 Å². The molecule has 0 saturated heterocycles. The van der Waals surface area contributed by atoms with Crippen LogP contribution >= 0.6 is 11.6 Å². The van der Waals surface area contributed by atoms with Gasteiger partial charge in [-0.2, -0.15) is 0 Å². The van der Waals surface area contributed by atoms with Crippen molar-refractivity contribution in [1.29, 1.82) is 0 Å². The number of benzene rings is 1. The van der Waals surface area contributed by atoms with Crippen LogP contribution in [0.15, 0.2) is 29.2 Å². The first-order valence-electron chi connectivity index (χ1n) is 5.26. The van der Waals surface area contributed by atoms with Gasteiger partial charge in [-0.25, -0.2) is 12.7 Å². The van der Waals surface area contributed by atoms with Gasteiger partial charge in [0.2, 0.25) is 10.0 Å². The second kappa shape index (κ2) is 6.17. The first-order chi connectivity index (χ1) is 8.39. The third-order valence-electron chi connectivity index (χ3n) is 2.28. The summed E-state index contributed by atoms with van der Waals surface area (Å²) in [7, 11) is -0.546. The molecule has 1 aromatic carbocycles. The van der Waals surface area contributed by atoms with Crippen LogP contribution in [0.4, 0.5) is 0 Å². The molecule has 0 unspecified atom stereocenters. The van der Waals surface area contributed by atoms with E-state index < -0.39 is 10.0 Å². The zero-order valence-corrected chi connectivity index (χ0v) is 11.8. The third-order valence-corrected chi connectivity index (χ3v) is 4.29. The van der Waals surface area contributed by atoms with E-state index in [0.29, 0.717) is 18.0 Å².